The number of hydrogen-bond donors (Lipinski definition) is 1. The summed E-state index contributed by atoms with van der Waals surface area (Å²) in [5.74, 6) is 1.82. The fourth-order valence-corrected chi connectivity index (χ4v) is 2.87. The highest BCUT2D eigenvalue weighted by molar-refractivity contribution is 5.83. The first-order valence-corrected chi connectivity index (χ1v) is 9.13. The van der Waals surface area contributed by atoms with Gasteiger partial charge in [-0.2, -0.15) is 0 Å². The molecular formula is C22H25N3O. The van der Waals surface area contributed by atoms with Crippen molar-refractivity contribution in [1.29, 1.82) is 5.41 Å². The molecule has 1 unspecified atom stereocenters. The van der Waals surface area contributed by atoms with E-state index in [-0.39, 0.29) is 0 Å². The van der Waals surface area contributed by atoms with Gasteiger partial charge in [0.15, 0.2) is 0 Å². The van der Waals surface area contributed by atoms with E-state index in [1.165, 1.54) is 0 Å². The smallest absolute Gasteiger partial charge is 0.226 e. The minimum atomic E-state index is 0.335. The van der Waals surface area contributed by atoms with Gasteiger partial charge >= 0.3 is 0 Å². The highest BCUT2D eigenvalue weighted by Crippen LogP contribution is 2.26. The van der Waals surface area contributed by atoms with Gasteiger partial charge in [-0.1, -0.05) is 32.0 Å². The molecule has 1 aromatic carbocycles. The van der Waals surface area contributed by atoms with Gasteiger partial charge in [-0.25, -0.2) is 4.98 Å². The van der Waals surface area contributed by atoms with Crippen LogP contribution in [0.1, 0.15) is 38.1 Å². The molecule has 0 radical (unpaired) electrons. The van der Waals surface area contributed by atoms with Crippen LogP contribution < -0.4 is 0 Å². The number of nitrogens with one attached hydrogen (secondary N) is 1. The molecule has 2 aromatic heterocycles. The third kappa shape index (κ3) is 4.07. The van der Waals surface area contributed by atoms with Crippen LogP contribution in [-0.4, -0.2) is 15.7 Å². The third-order valence-electron chi connectivity index (χ3n) is 4.86. The van der Waals surface area contributed by atoms with Crippen molar-refractivity contribution in [2.75, 3.05) is 0 Å². The van der Waals surface area contributed by atoms with Crippen LogP contribution in [0.15, 0.2) is 53.2 Å². The molecule has 0 bridgehead atoms. The Hall–Kier alpha value is -2.75. The van der Waals surface area contributed by atoms with Crippen molar-refractivity contribution in [3.8, 4) is 22.6 Å². The summed E-state index contributed by atoms with van der Waals surface area (Å²) in [5.41, 5.74) is 4.91. The summed E-state index contributed by atoms with van der Waals surface area (Å²) < 4.78 is 5.87. The lowest BCUT2D eigenvalue weighted by atomic mass is 9.98. The van der Waals surface area contributed by atoms with Crippen molar-refractivity contribution in [3.05, 3.63) is 60.2 Å². The Morgan fingerprint density at radius 1 is 1.12 bits per heavy atom. The second-order valence-electron chi connectivity index (χ2n) is 6.68. The van der Waals surface area contributed by atoms with Crippen LogP contribution >= 0.6 is 0 Å². The van der Waals surface area contributed by atoms with Gasteiger partial charge in [-0.15, -0.1) is 0 Å². The molecule has 3 aromatic rings. The highest BCUT2D eigenvalue weighted by Gasteiger charge is 2.14. The SMILES string of the molecule is CCC(C)C(=N)CCc1nc(-c2ccc(-c3cccnc3)cc2)oc1C. The Morgan fingerprint density at radius 3 is 2.50 bits per heavy atom. The van der Waals surface area contributed by atoms with Gasteiger partial charge in [0.2, 0.25) is 5.89 Å². The van der Waals surface area contributed by atoms with Crippen molar-refractivity contribution in [1.82, 2.24) is 9.97 Å². The molecule has 0 aliphatic heterocycles. The van der Waals surface area contributed by atoms with E-state index in [9.17, 15) is 0 Å². The average molecular weight is 347 g/mol. The van der Waals surface area contributed by atoms with Gasteiger partial charge in [-0.3, -0.25) is 4.98 Å². The highest BCUT2D eigenvalue weighted by atomic mass is 16.4. The van der Waals surface area contributed by atoms with E-state index in [0.717, 1.165) is 53.1 Å². The van der Waals surface area contributed by atoms with Crippen LogP contribution in [0.4, 0.5) is 0 Å². The average Bonchev–Trinajstić information content (AvgIpc) is 3.07. The molecule has 2 heterocycles. The quantitative estimate of drug-likeness (QED) is 0.557. The summed E-state index contributed by atoms with van der Waals surface area (Å²) in [5, 5.41) is 8.13. The summed E-state index contributed by atoms with van der Waals surface area (Å²) in [6.07, 6.45) is 6.13. The zero-order valence-corrected chi connectivity index (χ0v) is 15.6. The second-order valence-corrected chi connectivity index (χ2v) is 6.68. The fraction of sp³-hybridized carbons (Fsp3) is 0.318. The van der Waals surface area contributed by atoms with E-state index in [2.05, 4.69) is 35.9 Å². The van der Waals surface area contributed by atoms with E-state index >= 15 is 0 Å². The molecule has 26 heavy (non-hydrogen) atoms. The molecule has 134 valence electrons. The molecule has 4 nitrogen and oxygen atoms in total. The Balaban J connectivity index is 1.73. The molecule has 0 aliphatic carbocycles. The van der Waals surface area contributed by atoms with E-state index in [1.807, 2.05) is 37.4 Å². The summed E-state index contributed by atoms with van der Waals surface area (Å²) in [6.45, 7) is 6.17. The lowest BCUT2D eigenvalue weighted by Gasteiger charge is -2.09. The number of aryl methyl sites for hydroxylation is 2. The van der Waals surface area contributed by atoms with Crippen LogP contribution in [0.2, 0.25) is 0 Å². The van der Waals surface area contributed by atoms with Crippen molar-refractivity contribution in [3.63, 3.8) is 0 Å². The van der Waals surface area contributed by atoms with E-state index in [0.29, 0.717) is 11.8 Å². The van der Waals surface area contributed by atoms with E-state index in [4.69, 9.17) is 9.83 Å². The van der Waals surface area contributed by atoms with Crippen LogP contribution in [0.25, 0.3) is 22.6 Å². The van der Waals surface area contributed by atoms with Crippen molar-refractivity contribution in [2.24, 2.45) is 5.92 Å². The number of aromatic nitrogens is 2. The summed E-state index contributed by atoms with van der Waals surface area (Å²) in [4.78, 5) is 8.83. The summed E-state index contributed by atoms with van der Waals surface area (Å²) >= 11 is 0. The lowest BCUT2D eigenvalue weighted by molar-refractivity contribution is 0.539. The predicted molar refractivity (Wildman–Crippen MR) is 105 cm³/mol. The van der Waals surface area contributed by atoms with E-state index in [1.54, 1.807) is 6.20 Å². The Kier molecular flexibility index (Phi) is 5.61. The number of rotatable bonds is 7. The first-order chi connectivity index (χ1) is 12.6. The zero-order chi connectivity index (χ0) is 18.5. The molecule has 0 spiro atoms. The van der Waals surface area contributed by atoms with Gasteiger partial charge in [-0.05, 0) is 61.4 Å². The number of hydrogen-bond acceptors (Lipinski definition) is 4. The maximum absolute atomic E-state index is 8.13. The molecule has 1 atom stereocenters. The molecule has 0 saturated carbocycles. The first-order valence-electron chi connectivity index (χ1n) is 9.13. The van der Waals surface area contributed by atoms with Gasteiger partial charge in [0.25, 0.3) is 0 Å². The van der Waals surface area contributed by atoms with Crippen molar-refractivity contribution in [2.45, 2.75) is 40.0 Å². The molecule has 0 aliphatic rings. The second kappa shape index (κ2) is 8.09. The van der Waals surface area contributed by atoms with Gasteiger partial charge in [0.1, 0.15) is 5.76 Å². The van der Waals surface area contributed by atoms with Crippen LogP contribution in [0.3, 0.4) is 0 Å². The first kappa shape index (κ1) is 18.1. The van der Waals surface area contributed by atoms with Gasteiger partial charge in [0.05, 0.1) is 5.69 Å². The topological polar surface area (TPSA) is 62.8 Å². The van der Waals surface area contributed by atoms with Crippen LogP contribution in [-0.2, 0) is 6.42 Å². The third-order valence-corrected chi connectivity index (χ3v) is 4.86. The summed E-state index contributed by atoms with van der Waals surface area (Å²) in [7, 11) is 0. The molecule has 0 fully saturated rings. The normalized spacial score (nSPS) is 12.1. The standard InChI is InChI=1S/C22H25N3O/c1-4-15(2)20(23)11-12-21-16(3)26-22(25-21)18-9-7-17(8-10-18)19-6-5-13-24-14-19/h5-10,13-15,23H,4,11-12H2,1-3H3. The lowest BCUT2D eigenvalue weighted by Crippen LogP contribution is -2.10. The van der Waals surface area contributed by atoms with Gasteiger partial charge in [0, 0.05) is 23.7 Å². The van der Waals surface area contributed by atoms with Crippen molar-refractivity contribution < 1.29 is 4.42 Å². The minimum Gasteiger partial charge on any atom is -0.441 e. The largest absolute Gasteiger partial charge is 0.441 e. The van der Waals surface area contributed by atoms with Crippen LogP contribution in [0, 0.1) is 18.3 Å². The molecule has 0 amide bonds. The fourth-order valence-electron chi connectivity index (χ4n) is 2.87. The number of pyridine rings is 1. The monoisotopic (exact) mass is 347 g/mol. The maximum atomic E-state index is 8.13. The summed E-state index contributed by atoms with van der Waals surface area (Å²) in [6, 6.07) is 12.1. The van der Waals surface area contributed by atoms with E-state index < -0.39 is 0 Å². The molecule has 1 N–H and O–H groups in total. The maximum Gasteiger partial charge on any atom is 0.226 e. The molecular weight excluding hydrogens is 322 g/mol. The Labute approximate surface area is 154 Å². The number of benzene rings is 1. The molecule has 4 heteroatoms. The Bertz CT molecular complexity index is 866. The minimum absolute atomic E-state index is 0.335. The van der Waals surface area contributed by atoms with Crippen molar-refractivity contribution >= 4 is 5.71 Å². The zero-order valence-electron chi connectivity index (χ0n) is 15.6. The number of nitrogens with zero attached hydrogens (tertiary/aromatic N) is 2. The Morgan fingerprint density at radius 2 is 1.85 bits per heavy atom. The predicted octanol–water partition coefficient (Wildman–Crippen LogP) is 5.71. The molecule has 0 saturated heterocycles. The van der Waals surface area contributed by atoms with Crippen LogP contribution in [0.5, 0.6) is 0 Å². The number of oxazole rings is 1. The van der Waals surface area contributed by atoms with Gasteiger partial charge < -0.3 is 9.83 Å². The molecule has 3 rings (SSSR count).